The molecule has 2 N–H and O–H groups in total. The second-order valence-corrected chi connectivity index (χ2v) is 4.24. The maximum atomic E-state index is 11.3. The highest BCUT2D eigenvalue weighted by Gasteiger charge is 2.44. The van der Waals surface area contributed by atoms with Crippen LogP contribution < -0.4 is 5.73 Å². The highest BCUT2D eigenvalue weighted by Crippen LogP contribution is 2.53. The fourth-order valence-electron chi connectivity index (χ4n) is 2.91. The van der Waals surface area contributed by atoms with Gasteiger partial charge in [0.1, 0.15) is 0 Å². The van der Waals surface area contributed by atoms with Crippen LogP contribution in [0.4, 0.5) is 10.5 Å². The SMILES string of the molecule is [B]C(=O)N1C2CCC1c1cc(N)ccc12. The number of nitrogen functional groups attached to an aromatic ring is 1. The van der Waals surface area contributed by atoms with Crippen molar-refractivity contribution in [1.29, 1.82) is 0 Å². The van der Waals surface area contributed by atoms with E-state index in [-0.39, 0.29) is 17.9 Å². The van der Waals surface area contributed by atoms with Gasteiger partial charge in [-0.25, -0.2) is 0 Å². The first-order chi connectivity index (χ1) is 7.18. The Bertz CT molecular complexity index is 446. The number of carbonyl (C=O) groups is 1. The quantitative estimate of drug-likeness (QED) is 0.509. The summed E-state index contributed by atoms with van der Waals surface area (Å²) in [5.41, 5.74) is 8.91. The highest BCUT2D eigenvalue weighted by atomic mass is 16.2. The lowest BCUT2D eigenvalue weighted by molar-refractivity contribution is 0.207. The summed E-state index contributed by atoms with van der Waals surface area (Å²) in [7, 11) is 5.39. The van der Waals surface area contributed by atoms with Crippen molar-refractivity contribution in [2.24, 2.45) is 0 Å². The first-order valence-electron chi connectivity index (χ1n) is 5.15. The van der Waals surface area contributed by atoms with E-state index in [4.69, 9.17) is 13.6 Å². The van der Waals surface area contributed by atoms with Gasteiger partial charge in [0.05, 0.1) is 12.1 Å². The van der Waals surface area contributed by atoms with E-state index in [0.717, 1.165) is 18.5 Å². The molecule has 3 rings (SSSR count). The van der Waals surface area contributed by atoms with E-state index in [0.29, 0.717) is 0 Å². The number of rotatable bonds is 0. The Kier molecular flexibility index (Phi) is 1.64. The molecule has 0 saturated carbocycles. The number of nitrogens with two attached hydrogens (primary N) is 1. The summed E-state index contributed by atoms with van der Waals surface area (Å²) < 4.78 is 0. The lowest BCUT2D eigenvalue weighted by atomic mass is 9.91. The van der Waals surface area contributed by atoms with Crippen molar-refractivity contribution in [2.75, 3.05) is 5.73 Å². The predicted molar refractivity (Wildman–Crippen MR) is 58.6 cm³/mol. The third kappa shape index (κ3) is 1.05. The number of carbonyl (C=O) groups excluding carboxylic acids is 1. The van der Waals surface area contributed by atoms with Crippen molar-refractivity contribution in [1.82, 2.24) is 4.90 Å². The minimum absolute atomic E-state index is 0.158. The third-order valence-electron chi connectivity index (χ3n) is 3.47. The first kappa shape index (κ1) is 8.83. The van der Waals surface area contributed by atoms with Gasteiger partial charge in [0.15, 0.2) is 5.81 Å². The van der Waals surface area contributed by atoms with Crippen LogP contribution in [0, 0.1) is 0 Å². The highest BCUT2D eigenvalue weighted by molar-refractivity contribution is 6.57. The fraction of sp³-hybridized carbons (Fsp3) is 0.364. The zero-order valence-corrected chi connectivity index (χ0v) is 8.31. The molecule has 0 aromatic heterocycles. The average molecular weight is 198 g/mol. The number of benzene rings is 1. The van der Waals surface area contributed by atoms with Crippen LogP contribution in [0.2, 0.25) is 0 Å². The molecule has 1 aromatic rings. The van der Waals surface area contributed by atoms with E-state index < -0.39 is 0 Å². The maximum Gasteiger partial charge on any atom is 0.200 e. The smallest absolute Gasteiger partial charge is 0.200 e. The van der Waals surface area contributed by atoms with E-state index in [1.807, 2.05) is 18.2 Å². The van der Waals surface area contributed by atoms with Crippen LogP contribution in [0.3, 0.4) is 0 Å². The van der Waals surface area contributed by atoms with Crippen molar-refractivity contribution < 1.29 is 4.79 Å². The van der Waals surface area contributed by atoms with E-state index in [9.17, 15) is 4.79 Å². The van der Waals surface area contributed by atoms with Crippen molar-refractivity contribution in [3.05, 3.63) is 29.3 Å². The lowest BCUT2D eigenvalue weighted by Crippen LogP contribution is -2.26. The molecule has 4 heteroatoms. The molecular formula is C11H11BN2O. The Morgan fingerprint density at radius 1 is 1.33 bits per heavy atom. The van der Waals surface area contributed by atoms with Crippen LogP contribution in [-0.4, -0.2) is 18.6 Å². The van der Waals surface area contributed by atoms with Crippen LogP contribution >= 0.6 is 0 Å². The van der Waals surface area contributed by atoms with E-state index in [1.54, 1.807) is 4.90 Å². The van der Waals surface area contributed by atoms with Crippen LogP contribution in [-0.2, 0) is 0 Å². The van der Waals surface area contributed by atoms with Gasteiger partial charge in [-0.1, -0.05) is 6.07 Å². The van der Waals surface area contributed by atoms with Gasteiger partial charge in [-0.15, -0.1) is 0 Å². The summed E-state index contributed by atoms with van der Waals surface area (Å²) in [6.07, 6.45) is 2.02. The molecule has 1 aromatic carbocycles. The van der Waals surface area contributed by atoms with Gasteiger partial charge in [-0.3, -0.25) is 4.79 Å². The number of hydrogen-bond donors (Lipinski definition) is 1. The summed E-state index contributed by atoms with van der Waals surface area (Å²) in [4.78, 5) is 13.1. The second-order valence-electron chi connectivity index (χ2n) is 4.24. The molecule has 1 saturated heterocycles. The van der Waals surface area contributed by atoms with Gasteiger partial charge < -0.3 is 10.6 Å². The molecule has 2 atom stereocenters. The molecule has 2 heterocycles. The molecule has 2 aliphatic heterocycles. The van der Waals surface area contributed by atoms with Crippen LogP contribution in [0.1, 0.15) is 36.1 Å². The summed E-state index contributed by atoms with van der Waals surface area (Å²) in [6, 6.07) is 6.22. The van der Waals surface area contributed by atoms with E-state index >= 15 is 0 Å². The standard InChI is InChI=1S/C11H11BN2O/c12-11(15)14-9-3-4-10(14)8-5-6(13)1-2-7(8)9/h1-2,5,9-10H,3-4,13H2. The largest absolute Gasteiger partial charge is 0.399 e. The summed E-state index contributed by atoms with van der Waals surface area (Å²) in [6.45, 7) is 0. The Morgan fingerprint density at radius 3 is 2.67 bits per heavy atom. The van der Waals surface area contributed by atoms with Gasteiger partial charge in [0.2, 0.25) is 7.85 Å². The summed E-state index contributed by atoms with van der Waals surface area (Å²) in [5.74, 6) is -0.322. The third-order valence-corrected chi connectivity index (χ3v) is 3.47. The molecule has 0 spiro atoms. The monoisotopic (exact) mass is 198 g/mol. The lowest BCUT2D eigenvalue weighted by Gasteiger charge is -2.20. The van der Waals surface area contributed by atoms with Crippen molar-refractivity contribution >= 4 is 19.3 Å². The number of anilines is 1. The van der Waals surface area contributed by atoms with Crippen LogP contribution in [0.15, 0.2) is 18.2 Å². The summed E-state index contributed by atoms with van der Waals surface area (Å²) in [5, 5.41) is 0. The maximum absolute atomic E-state index is 11.3. The number of amides is 1. The van der Waals surface area contributed by atoms with Crippen LogP contribution in [0.25, 0.3) is 0 Å². The minimum Gasteiger partial charge on any atom is -0.399 e. The Morgan fingerprint density at radius 2 is 2.00 bits per heavy atom. The molecule has 2 unspecified atom stereocenters. The van der Waals surface area contributed by atoms with E-state index in [2.05, 4.69) is 0 Å². The molecule has 2 bridgehead atoms. The van der Waals surface area contributed by atoms with Gasteiger partial charge >= 0.3 is 0 Å². The van der Waals surface area contributed by atoms with Gasteiger partial charge in [-0.2, -0.15) is 0 Å². The van der Waals surface area contributed by atoms with Gasteiger partial charge in [0, 0.05) is 5.69 Å². The second kappa shape index (κ2) is 2.78. The van der Waals surface area contributed by atoms with Crippen molar-refractivity contribution in [3.63, 3.8) is 0 Å². The molecule has 74 valence electrons. The molecular weight excluding hydrogens is 187 g/mol. The molecule has 2 aliphatic rings. The van der Waals surface area contributed by atoms with Crippen molar-refractivity contribution in [2.45, 2.75) is 24.9 Å². The number of hydrogen-bond acceptors (Lipinski definition) is 2. The predicted octanol–water partition coefficient (Wildman–Crippen LogP) is 1.75. The molecule has 0 aliphatic carbocycles. The van der Waals surface area contributed by atoms with Gasteiger partial charge in [-0.05, 0) is 36.1 Å². The summed E-state index contributed by atoms with van der Waals surface area (Å²) >= 11 is 0. The molecule has 15 heavy (non-hydrogen) atoms. The zero-order valence-electron chi connectivity index (χ0n) is 8.31. The number of nitrogens with zero attached hydrogens (tertiary/aromatic N) is 1. The normalized spacial score (nSPS) is 26.8. The average Bonchev–Trinajstić information content (AvgIpc) is 2.72. The Balaban J connectivity index is 2.13. The first-order valence-corrected chi connectivity index (χ1v) is 5.15. The van der Waals surface area contributed by atoms with Gasteiger partial charge in [0.25, 0.3) is 0 Å². The molecule has 1 amide bonds. The molecule has 3 nitrogen and oxygen atoms in total. The minimum atomic E-state index is -0.322. The topological polar surface area (TPSA) is 46.3 Å². The zero-order chi connectivity index (χ0) is 10.6. The molecule has 1 fully saturated rings. The Hall–Kier alpha value is -1.45. The van der Waals surface area contributed by atoms with E-state index in [1.165, 1.54) is 11.1 Å². The van der Waals surface area contributed by atoms with Crippen LogP contribution in [0.5, 0.6) is 0 Å². The number of fused-ring (bicyclic) bond motifs is 5. The Labute approximate surface area is 89.7 Å². The van der Waals surface area contributed by atoms with Crippen molar-refractivity contribution in [3.8, 4) is 0 Å². The molecule has 2 radical (unpaired) electrons. The fourth-order valence-corrected chi connectivity index (χ4v) is 2.91.